The summed E-state index contributed by atoms with van der Waals surface area (Å²) in [7, 11) is 0. The lowest BCUT2D eigenvalue weighted by Crippen LogP contribution is -2.46. The van der Waals surface area contributed by atoms with Crippen LogP contribution in [0.2, 0.25) is 0 Å². The predicted octanol–water partition coefficient (Wildman–Crippen LogP) is 1.63. The Bertz CT molecular complexity index is 645. The molecule has 9 heteroatoms. The number of carbonyl (C=O) groups is 3. The summed E-state index contributed by atoms with van der Waals surface area (Å²) >= 11 is 0. The van der Waals surface area contributed by atoms with E-state index >= 15 is 0 Å². The lowest BCUT2D eigenvalue weighted by molar-refractivity contribution is -0.160. The van der Waals surface area contributed by atoms with Gasteiger partial charge in [-0.1, -0.05) is 18.2 Å². The van der Waals surface area contributed by atoms with Crippen molar-refractivity contribution >= 4 is 23.5 Å². The first-order valence-corrected chi connectivity index (χ1v) is 6.66. The quantitative estimate of drug-likeness (QED) is 0.782. The van der Waals surface area contributed by atoms with Crippen molar-refractivity contribution in [3.05, 3.63) is 29.8 Å². The minimum absolute atomic E-state index is 0.263. The van der Waals surface area contributed by atoms with Gasteiger partial charge in [0.15, 0.2) is 0 Å². The fourth-order valence-electron chi connectivity index (χ4n) is 2.35. The fourth-order valence-corrected chi connectivity index (χ4v) is 2.35. The zero-order valence-corrected chi connectivity index (χ0v) is 11.7. The second kappa shape index (κ2) is 6.27. The predicted molar refractivity (Wildman–Crippen MR) is 72.7 cm³/mol. The number of carbonyl (C=O) groups excluding carboxylic acids is 2. The molecule has 2 rings (SSSR count). The summed E-state index contributed by atoms with van der Waals surface area (Å²) in [6.07, 6.45) is -6.69. The summed E-state index contributed by atoms with van der Waals surface area (Å²) in [5, 5.41) is 13.2. The SMILES string of the molecule is O=C1CC(C(=O)NC(CC(F)(F)F)C(=O)O)c2ccccc2N1. The van der Waals surface area contributed by atoms with E-state index in [4.69, 9.17) is 5.11 Å². The zero-order chi connectivity index (χ0) is 17.2. The number of rotatable bonds is 4. The Hall–Kier alpha value is -2.58. The van der Waals surface area contributed by atoms with Crippen LogP contribution in [0.4, 0.5) is 18.9 Å². The highest BCUT2D eigenvalue weighted by Gasteiger charge is 2.38. The maximum Gasteiger partial charge on any atom is 0.391 e. The van der Waals surface area contributed by atoms with Gasteiger partial charge < -0.3 is 15.7 Å². The van der Waals surface area contributed by atoms with Crippen LogP contribution >= 0.6 is 0 Å². The van der Waals surface area contributed by atoms with E-state index in [1.807, 2.05) is 5.32 Å². The summed E-state index contributed by atoms with van der Waals surface area (Å²) in [6.45, 7) is 0. The number of alkyl halides is 3. The average Bonchev–Trinajstić information content (AvgIpc) is 2.44. The summed E-state index contributed by atoms with van der Waals surface area (Å²) in [5.41, 5.74) is 0.812. The molecule has 1 aliphatic rings. The third-order valence-corrected chi connectivity index (χ3v) is 3.37. The van der Waals surface area contributed by atoms with E-state index in [9.17, 15) is 27.6 Å². The minimum atomic E-state index is -4.74. The summed E-state index contributed by atoms with van der Waals surface area (Å²) in [5.74, 6) is -4.21. The molecule has 124 valence electrons. The molecule has 2 unspecified atom stereocenters. The third-order valence-electron chi connectivity index (χ3n) is 3.37. The highest BCUT2D eigenvalue weighted by molar-refractivity contribution is 6.01. The number of para-hydroxylation sites is 1. The van der Waals surface area contributed by atoms with Gasteiger partial charge in [0.05, 0.1) is 12.3 Å². The molecule has 2 amide bonds. The van der Waals surface area contributed by atoms with Crippen LogP contribution in [0.5, 0.6) is 0 Å². The molecule has 0 aliphatic carbocycles. The average molecular weight is 330 g/mol. The van der Waals surface area contributed by atoms with E-state index in [1.54, 1.807) is 24.3 Å². The molecular formula is C14H13F3N2O4. The van der Waals surface area contributed by atoms with E-state index in [0.717, 1.165) is 0 Å². The lowest BCUT2D eigenvalue weighted by Gasteiger charge is -2.26. The van der Waals surface area contributed by atoms with Crippen LogP contribution in [0.15, 0.2) is 24.3 Å². The lowest BCUT2D eigenvalue weighted by atomic mass is 9.89. The van der Waals surface area contributed by atoms with Crippen LogP contribution in [0.3, 0.4) is 0 Å². The number of anilines is 1. The van der Waals surface area contributed by atoms with Crippen molar-refractivity contribution in [2.75, 3.05) is 5.32 Å². The van der Waals surface area contributed by atoms with Crippen molar-refractivity contribution in [3.63, 3.8) is 0 Å². The van der Waals surface area contributed by atoms with Crippen molar-refractivity contribution in [2.24, 2.45) is 0 Å². The number of nitrogens with one attached hydrogen (secondary N) is 2. The van der Waals surface area contributed by atoms with Crippen LogP contribution in [0, 0.1) is 0 Å². The molecule has 1 aliphatic heterocycles. The van der Waals surface area contributed by atoms with Crippen molar-refractivity contribution < 1.29 is 32.7 Å². The number of carboxylic acids is 1. The molecular weight excluding hydrogens is 317 g/mol. The number of hydrogen-bond donors (Lipinski definition) is 3. The molecule has 23 heavy (non-hydrogen) atoms. The van der Waals surface area contributed by atoms with Crippen LogP contribution < -0.4 is 10.6 Å². The Labute approximate surface area is 128 Å². The number of hydrogen-bond acceptors (Lipinski definition) is 3. The highest BCUT2D eigenvalue weighted by Crippen LogP contribution is 2.32. The normalized spacial score (nSPS) is 18.6. The van der Waals surface area contributed by atoms with Gasteiger partial charge >= 0.3 is 12.1 Å². The van der Waals surface area contributed by atoms with Crippen molar-refractivity contribution in [1.29, 1.82) is 0 Å². The number of aliphatic carboxylic acids is 1. The molecule has 0 fully saturated rings. The van der Waals surface area contributed by atoms with E-state index in [-0.39, 0.29) is 6.42 Å². The standard InChI is InChI=1S/C14H13F3N2O4/c15-14(16,17)6-10(13(22)23)19-12(21)8-5-11(20)18-9-4-2-1-3-7(8)9/h1-4,8,10H,5-6H2,(H,18,20)(H,19,21)(H,22,23). The maximum atomic E-state index is 12.4. The summed E-state index contributed by atoms with van der Waals surface area (Å²) in [6, 6.07) is 4.25. The van der Waals surface area contributed by atoms with Crippen LogP contribution in [-0.4, -0.2) is 35.1 Å². The first-order valence-electron chi connectivity index (χ1n) is 6.66. The molecule has 2 atom stereocenters. The Kier molecular flexibility index (Phi) is 4.57. The van der Waals surface area contributed by atoms with Gasteiger partial charge in [0.2, 0.25) is 11.8 Å². The van der Waals surface area contributed by atoms with Gasteiger partial charge in [0.25, 0.3) is 0 Å². The monoisotopic (exact) mass is 330 g/mol. The first-order chi connectivity index (χ1) is 10.7. The molecule has 0 saturated heterocycles. The largest absolute Gasteiger partial charge is 0.480 e. The number of fused-ring (bicyclic) bond motifs is 1. The molecule has 0 saturated carbocycles. The smallest absolute Gasteiger partial charge is 0.391 e. The first kappa shape index (κ1) is 16.8. The number of carboxylic acid groups (broad SMARTS) is 1. The molecule has 1 heterocycles. The molecule has 6 nitrogen and oxygen atoms in total. The molecule has 0 radical (unpaired) electrons. The molecule has 1 aromatic carbocycles. The Morgan fingerprint density at radius 3 is 2.61 bits per heavy atom. The second-order valence-electron chi connectivity index (χ2n) is 5.11. The Morgan fingerprint density at radius 2 is 2.00 bits per heavy atom. The highest BCUT2D eigenvalue weighted by atomic mass is 19.4. The molecule has 1 aromatic rings. The van der Waals surface area contributed by atoms with Crippen LogP contribution in [0.25, 0.3) is 0 Å². The van der Waals surface area contributed by atoms with Crippen molar-refractivity contribution in [2.45, 2.75) is 31.0 Å². The van der Waals surface area contributed by atoms with E-state index in [2.05, 4.69) is 5.32 Å². The molecule has 0 bridgehead atoms. The topological polar surface area (TPSA) is 95.5 Å². The van der Waals surface area contributed by atoms with E-state index < -0.39 is 42.3 Å². The number of benzene rings is 1. The van der Waals surface area contributed by atoms with Gasteiger partial charge in [-0.05, 0) is 11.6 Å². The number of amides is 2. The Morgan fingerprint density at radius 1 is 1.35 bits per heavy atom. The Balaban J connectivity index is 2.19. The van der Waals surface area contributed by atoms with Crippen molar-refractivity contribution in [3.8, 4) is 0 Å². The zero-order valence-electron chi connectivity index (χ0n) is 11.7. The van der Waals surface area contributed by atoms with Crippen LogP contribution in [0.1, 0.15) is 24.3 Å². The second-order valence-corrected chi connectivity index (χ2v) is 5.11. The summed E-state index contributed by atoms with van der Waals surface area (Å²) in [4.78, 5) is 34.7. The van der Waals surface area contributed by atoms with E-state index in [0.29, 0.717) is 11.3 Å². The van der Waals surface area contributed by atoms with Crippen molar-refractivity contribution in [1.82, 2.24) is 5.32 Å². The van der Waals surface area contributed by atoms with E-state index in [1.165, 1.54) is 0 Å². The number of halogens is 3. The van der Waals surface area contributed by atoms with Gasteiger partial charge in [0, 0.05) is 12.1 Å². The van der Waals surface area contributed by atoms with Gasteiger partial charge in [-0.15, -0.1) is 0 Å². The van der Waals surface area contributed by atoms with Gasteiger partial charge in [-0.3, -0.25) is 9.59 Å². The fraction of sp³-hybridized carbons (Fsp3) is 0.357. The molecule has 3 N–H and O–H groups in total. The third kappa shape index (κ3) is 4.21. The van der Waals surface area contributed by atoms with Gasteiger partial charge in [0.1, 0.15) is 6.04 Å². The molecule has 0 spiro atoms. The minimum Gasteiger partial charge on any atom is -0.480 e. The summed E-state index contributed by atoms with van der Waals surface area (Å²) < 4.78 is 37.1. The van der Waals surface area contributed by atoms with Crippen LogP contribution in [-0.2, 0) is 14.4 Å². The van der Waals surface area contributed by atoms with Gasteiger partial charge in [-0.25, -0.2) is 4.79 Å². The maximum absolute atomic E-state index is 12.4. The molecule has 0 aromatic heterocycles. The van der Waals surface area contributed by atoms with Gasteiger partial charge in [-0.2, -0.15) is 13.2 Å².